The Bertz CT molecular complexity index is 1090. The number of rotatable bonds is 6. The summed E-state index contributed by atoms with van der Waals surface area (Å²) in [7, 11) is 0. The second-order valence-electron chi connectivity index (χ2n) is 9.77. The molecular weight excluding hydrogens is 424 g/mol. The van der Waals surface area contributed by atoms with Crippen LogP contribution in [-0.4, -0.2) is 55.3 Å². The van der Waals surface area contributed by atoms with Crippen LogP contribution in [0, 0.1) is 0 Å². The lowest BCUT2D eigenvalue weighted by atomic mass is 10.00. The Kier molecular flexibility index (Phi) is 6.72. The third kappa shape index (κ3) is 4.62. The molecule has 0 bridgehead atoms. The van der Waals surface area contributed by atoms with Crippen LogP contribution in [0.2, 0.25) is 0 Å². The minimum Gasteiger partial charge on any atom is -0.340 e. The minimum atomic E-state index is -0.228. The number of nitrogens with zero attached hydrogens (tertiary/aromatic N) is 5. The molecule has 1 aromatic carbocycles. The highest BCUT2D eigenvalue weighted by Crippen LogP contribution is 2.36. The topological polar surface area (TPSA) is 78.0 Å². The third-order valence-electron chi connectivity index (χ3n) is 7.05. The maximum atomic E-state index is 14.0. The number of aromatic nitrogens is 4. The van der Waals surface area contributed by atoms with E-state index < -0.39 is 0 Å². The lowest BCUT2D eigenvalue weighted by molar-refractivity contribution is -0.139. The second kappa shape index (κ2) is 10.1. The largest absolute Gasteiger partial charge is 0.340 e. The summed E-state index contributed by atoms with van der Waals surface area (Å²) in [4.78, 5) is 35.6. The number of likely N-dealkylation sites (tertiary alicyclic amines) is 2. The van der Waals surface area contributed by atoms with Crippen molar-refractivity contribution in [1.29, 1.82) is 0 Å². The average molecular weight is 459 g/mol. The monoisotopic (exact) mass is 458 g/mol. The van der Waals surface area contributed by atoms with Crippen LogP contribution in [0.4, 0.5) is 0 Å². The highest BCUT2D eigenvalue weighted by atomic mass is 16.2. The van der Waals surface area contributed by atoms with Gasteiger partial charge in [-0.25, -0.2) is 15.0 Å². The predicted molar refractivity (Wildman–Crippen MR) is 132 cm³/mol. The summed E-state index contributed by atoms with van der Waals surface area (Å²) < 4.78 is 0. The fourth-order valence-corrected chi connectivity index (χ4v) is 5.22. The molecule has 0 spiro atoms. The molecule has 2 aliphatic rings. The number of amides is 1. The van der Waals surface area contributed by atoms with Gasteiger partial charge in [0, 0.05) is 30.4 Å². The van der Waals surface area contributed by atoms with Crippen molar-refractivity contribution in [3.63, 3.8) is 0 Å². The van der Waals surface area contributed by atoms with Crippen molar-refractivity contribution >= 4 is 5.91 Å². The van der Waals surface area contributed by atoms with Gasteiger partial charge in [0.2, 0.25) is 5.91 Å². The molecule has 1 amide bonds. The molecule has 2 atom stereocenters. The van der Waals surface area contributed by atoms with Crippen LogP contribution in [0.25, 0.3) is 11.3 Å². The summed E-state index contributed by atoms with van der Waals surface area (Å²) in [5.74, 6) is 2.17. The summed E-state index contributed by atoms with van der Waals surface area (Å²) in [5, 5.41) is 0. The number of imidazole rings is 1. The molecule has 2 aliphatic heterocycles. The number of hydrogen-bond donors (Lipinski definition) is 1. The molecule has 3 aromatic rings. The molecule has 5 rings (SSSR count). The summed E-state index contributed by atoms with van der Waals surface area (Å²) in [6.07, 6.45) is 11.0. The smallest absolute Gasteiger partial charge is 0.245 e. The zero-order valence-electron chi connectivity index (χ0n) is 20.2. The Morgan fingerprint density at radius 3 is 2.38 bits per heavy atom. The van der Waals surface area contributed by atoms with E-state index in [1.54, 1.807) is 0 Å². The molecule has 7 nitrogen and oxygen atoms in total. The number of benzene rings is 1. The number of H-pyrrole nitrogens is 1. The van der Waals surface area contributed by atoms with Crippen LogP contribution in [0.5, 0.6) is 0 Å². The van der Waals surface area contributed by atoms with Gasteiger partial charge >= 0.3 is 0 Å². The zero-order valence-corrected chi connectivity index (χ0v) is 20.2. The van der Waals surface area contributed by atoms with E-state index in [0.717, 1.165) is 73.8 Å². The standard InChI is InChI=1S/C27H34N6O/c1-19(2)25-28-16-21(17-29-25)22-18-30-26(31-22)23-12-9-15-33(23)27(34)24(20-10-5-3-6-11-20)32-13-7-4-8-14-32/h3,5-6,10-11,16-19,23-24H,4,7-9,12-15H2,1-2H3,(H,30,31). The Balaban J connectivity index is 1.39. The second-order valence-corrected chi connectivity index (χ2v) is 9.77. The lowest BCUT2D eigenvalue weighted by Gasteiger charge is -2.37. The van der Waals surface area contributed by atoms with Gasteiger partial charge in [-0.2, -0.15) is 0 Å². The average Bonchev–Trinajstić information content (AvgIpc) is 3.55. The molecule has 0 saturated carbocycles. The van der Waals surface area contributed by atoms with E-state index in [0.29, 0.717) is 5.92 Å². The molecule has 2 aromatic heterocycles. The van der Waals surface area contributed by atoms with Gasteiger partial charge < -0.3 is 9.88 Å². The van der Waals surface area contributed by atoms with Crippen molar-refractivity contribution in [2.45, 2.75) is 64.0 Å². The Morgan fingerprint density at radius 1 is 0.941 bits per heavy atom. The normalized spacial score (nSPS) is 20.1. The van der Waals surface area contributed by atoms with Gasteiger partial charge in [0.25, 0.3) is 0 Å². The maximum absolute atomic E-state index is 14.0. The van der Waals surface area contributed by atoms with Crippen LogP contribution in [0.15, 0.2) is 48.9 Å². The fourth-order valence-electron chi connectivity index (χ4n) is 5.22. The number of carbonyl (C=O) groups excluding carboxylic acids is 1. The van der Waals surface area contributed by atoms with E-state index >= 15 is 0 Å². The van der Waals surface area contributed by atoms with Crippen molar-refractivity contribution in [2.75, 3.05) is 19.6 Å². The summed E-state index contributed by atoms with van der Waals surface area (Å²) in [5.41, 5.74) is 2.89. The first-order valence-corrected chi connectivity index (χ1v) is 12.6. The van der Waals surface area contributed by atoms with Gasteiger partial charge in [0.1, 0.15) is 17.7 Å². The molecule has 178 valence electrons. The molecule has 4 heterocycles. The first kappa shape index (κ1) is 22.7. The Morgan fingerprint density at radius 2 is 1.68 bits per heavy atom. The van der Waals surface area contributed by atoms with E-state index in [1.807, 2.05) is 41.7 Å². The zero-order chi connectivity index (χ0) is 23.5. The van der Waals surface area contributed by atoms with Crippen LogP contribution in [0.3, 0.4) is 0 Å². The van der Waals surface area contributed by atoms with Crippen molar-refractivity contribution in [2.24, 2.45) is 0 Å². The quantitative estimate of drug-likeness (QED) is 0.570. The maximum Gasteiger partial charge on any atom is 0.245 e. The molecule has 2 fully saturated rings. The summed E-state index contributed by atoms with van der Waals surface area (Å²) >= 11 is 0. The van der Waals surface area contributed by atoms with Gasteiger partial charge in [-0.05, 0) is 44.3 Å². The predicted octanol–water partition coefficient (Wildman–Crippen LogP) is 4.88. The van der Waals surface area contributed by atoms with Crippen LogP contribution in [0.1, 0.15) is 81.2 Å². The first-order valence-electron chi connectivity index (χ1n) is 12.6. The lowest BCUT2D eigenvalue weighted by Crippen LogP contribution is -2.44. The summed E-state index contributed by atoms with van der Waals surface area (Å²) in [6.45, 7) is 6.88. The van der Waals surface area contributed by atoms with Gasteiger partial charge in [0.05, 0.1) is 17.9 Å². The third-order valence-corrected chi connectivity index (χ3v) is 7.05. The minimum absolute atomic E-state index is 0.0342. The molecule has 2 saturated heterocycles. The number of hydrogen-bond acceptors (Lipinski definition) is 5. The number of aromatic amines is 1. The SMILES string of the molecule is CC(C)c1ncc(-c2cnc(C3CCCN3C(=O)C(c3ccccc3)N3CCCCC3)[nH]2)cn1. The Labute approximate surface area is 201 Å². The van der Waals surface area contributed by atoms with E-state index in [1.165, 1.54) is 6.42 Å². The van der Waals surface area contributed by atoms with Crippen molar-refractivity contribution in [3.8, 4) is 11.3 Å². The van der Waals surface area contributed by atoms with Crippen molar-refractivity contribution < 1.29 is 4.79 Å². The van der Waals surface area contributed by atoms with E-state index in [9.17, 15) is 4.79 Å². The molecular formula is C27H34N6O. The molecule has 34 heavy (non-hydrogen) atoms. The van der Waals surface area contributed by atoms with Gasteiger partial charge in [-0.1, -0.05) is 50.6 Å². The molecule has 7 heteroatoms. The number of piperidine rings is 1. The van der Waals surface area contributed by atoms with Crippen LogP contribution in [-0.2, 0) is 4.79 Å². The van der Waals surface area contributed by atoms with E-state index in [2.05, 4.69) is 45.8 Å². The fraction of sp³-hybridized carbons (Fsp3) is 0.481. The highest BCUT2D eigenvalue weighted by molar-refractivity contribution is 5.84. The summed E-state index contributed by atoms with van der Waals surface area (Å²) in [6, 6.07) is 10.0. The number of carbonyl (C=O) groups is 1. The van der Waals surface area contributed by atoms with Crippen molar-refractivity contribution in [3.05, 3.63) is 66.1 Å². The number of nitrogens with one attached hydrogen (secondary N) is 1. The van der Waals surface area contributed by atoms with Crippen molar-refractivity contribution in [1.82, 2.24) is 29.7 Å². The first-order chi connectivity index (χ1) is 16.6. The van der Waals surface area contributed by atoms with Gasteiger partial charge in [0.15, 0.2) is 0 Å². The molecule has 1 N–H and O–H groups in total. The highest BCUT2D eigenvalue weighted by Gasteiger charge is 2.38. The van der Waals surface area contributed by atoms with E-state index in [4.69, 9.17) is 4.98 Å². The van der Waals surface area contributed by atoms with Gasteiger partial charge in [-0.15, -0.1) is 0 Å². The van der Waals surface area contributed by atoms with Crippen LogP contribution >= 0.6 is 0 Å². The molecule has 0 radical (unpaired) electrons. The van der Waals surface area contributed by atoms with Crippen LogP contribution < -0.4 is 0 Å². The molecule has 2 unspecified atom stereocenters. The Hall–Kier alpha value is -3.06. The molecule has 0 aliphatic carbocycles. The van der Waals surface area contributed by atoms with Gasteiger partial charge in [-0.3, -0.25) is 9.69 Å². The van der Waals surface area contributed by atoms with E-state index in [-0.39, 0.29) is 18.0 Å².